The van der Waals surface area contributed by atoms with Crippen molar-refractivity contribution in [1.29, 1.82) is 0 Å². The van der Waals surface area contributed by atoms with Crippen LogP contribution in [0.2, 0.25) is 0 Å². The van der Waals surface area contributed by atoms with Crippen LogP contribution >= 0.6 is 11.8 Å². The van der Waals surface area contributed by atoms with E-state index in [0.717, 1.165) is 37.2 Å². The van der Waals surface area contributed by atoms with Crippen LogP contribution < -0.4 is 5.32 Å². The molecule has 2 rings (SSSR count). The lowest BCUT2D eigenvalue weighted by atomic mass is 10.2. The molecule has 0 aromatic carbocycles. The molecule has 1 saturated carbocycles. The van der Waals surface area contributed by atoms with Gasteiger partial charge in [0.1, 0.15) is 11.5 Å². The molecule has 0 saturated heterocycles. The third kappa shape index (κ3) is 4.34. The highest BCUT2D eigenvalue weighted by Gasteiger charge is 2.21. The van der Waals surface area contributed by atoms with Gasteiger partial charge in [-0.2, -0.15) is 11.8 Å². The van der Waals surface area contributed by atoms with Gasteiger partial charge in [-0.15, -0.1) is 0 Å². The van der Waals surface area contributed by atoms with E-state index in [4.69, 9.17) is 4.42 Å². The molecule has 1 N–H and O–H groups in total. The van der Waals surface area contributed by atoms with Gasteiger partial charge in [0.25, 0.3) is 0 Å². The Kier molecular flexibility index (Phi) is 5.15. The van der Waals surface area contributed by atoms with Gasteiger partial charge in [0.05, 0.1) is 6.54 Å². The van der Waals surface area contributed by atoms with Crippen LogP contribution in [0, 0.1) is 6.92 Å². The largest absolute Gasteiger partial charge is 0.465 e. The van der Waals surface area contributed by atoms with Crippen molar-refractivity contribution in [1.82, 2.24) is 10.2 Å². The number of nitrogens with zero attached hydrogens (tertiary/aromatic N) is 1. The third-order valence-corrected chi connectivity index (χ3v) is 3.92. The summed E-state index contributed by atoms with van der Waals surface area (Å²) in [6.07, 6.45) is 4.81. The van der Waals surface area contributed by atoms with Crippen molar-refractivity contribution in [2.45, 2.75) is 38.9 Å². The minimum atomic E-state index is 0.756. The Morgan fingerprint density at radius 2 is 2.28 bits per heavy atom. The minimum Gasteiger partial charge on any atom is -0.465 e. The fourth-order valence-electron chi connectivity index (χ4n) is 1.97. The molecule has 1 aliphatic carbocycles. The van der Waals surface area contributed by atoms with E-state index in [-0.39, 0.29) is 0 Å². The number of nitrogens with one attached hydrogen (secondary N) is 1. The van der Waals surface area contributed by atoms with E-state index in [2.05, 4.69) is 36.5 Å². The molecule has 1 fully saturated rings. The Hall–Kier alpha value is -0.450. The first-order chi connectivity index (χ1) is 8.69. The maximum absolute atomic E-state index is 5.83. The van der Waals surface area contributed by atoms with E-state index >= 15 is 0 Å². The quantitative estimate of drug-likeness (QED) is 0.784. The zero-order valence-electron chi connectivity index (χ0n) is 11.7. The first kappa shape index (κ1) is 14.0. The number of thioether (sulfide) groups is 1. The summed E-state index contributed by atoms with van der Waals surface area (Å²) in [7, 11) is 2.15. The van der Waals surface area contributed by atoms with Crippen molar-refractivity contribution in [2.24, 2.45) is 0 Å². The van der Waals surface area contributed by atoms with Crippen LogP contribution in [-0.2, 0) is 13.1 Å². The van der Waals surface area contributed by atoms with Crippen LogP contribution in [0.15, 0.2) is 10.5 Å². The molecule has 18 heavy (non-hydrogen) atoms. The summed E-state index contributed by atoms with van der Waals surface area (Å²) in [6, 6.07) is 2.97. The second kappa shape index (κ2) is 6.64. The van der Waals surface area contributed by atoms with E-state index in [1.165, 1.54) is 24.2 Å². The average Bonchev–Trinajstić information content (AvgIpc) is 3.10. The summed E-state index contributed by atoms with van der Waals surface area (Å²) in [5, 5.41) is 3.54. The topological polar surface area (TPSA) is 28.4 Å². The highest BCUT2D eigenvalue weighted by atomic mass is 32.2. The summed E-state index contributed by atoms with van der Waals surface area (Å²) in [4.78, 5) is 2.31. The number of rotatable bonds is 8. The molecule has 1 heterocycles. The minimum absolute atomic E-state index is 0.756. The molecular weight excluding hydrogens is 244 g/mol. The van der Waals surface area contributed by atoms with Gasteiger partial charge in [-0.1, -0.05) is 0 Å². The predicted molar refractivity (Wildman–Crippen MR) is 78.0 cm³/mol. The lowest BCUT2D eigenvalue weighted by molar-refractivity contribution is 0.308. The van der Waals surface area contributed by atoms with E-state index < -0.39 is 0 Å². The van der Waals surface area contributed by atoms with E-state index in [0.29, 0.717) is 0 Å². The number of furan rings is 1. The molecule has 3 nitrogen and oxygen atoms in total. The SMILES string of the molecule is CSCCN(C)Cc1cc(CNC2CC2)c(C)o1. The van der Waals surface area contributed by atoms with Gasteiger partial charge in [-0.25, -0.2) is 0 Å². The Balaban J connectivity index is 1.82. The smallest absolute Gasteiger partial charge is 0.118 e. The van der Waals surface area contributed by atoms with Gasteiger partial charge >= 0.3 is 0 Å². The van der Waals surface area contributed by atoms with Crippen LogP contribution in [0.1, 0.15) is 29.9 Å². The van der Waals surface area contributed by atoms with Gasteiger partial charge in [0.15, 0.2) is 0 Å². The van der Waals surface area contributed by atoms with Gasteiger partial charge in [-0.05, 0) is 39.1 Å². The maximum Gasteiger partial charge on any atom is 0.118 e. The Morgan fingerprint density at radius 1 is 1.50 bits per heavy atom. The second-order valence-electron chi connectivity index (χ2n) is 5.18. The molecule has 102 valence electrons. The van der Waals surface area contributed by atoms with Crippen LogP contribution in [0.25, 0.3) is 0 Å². The molecule has 0 amide bonds. The molecule has 0 radical (unpaired) electrons. The monoisotopic (exact) mass is 268 g/mol. The highest BCUT2D eigenvalue weighted by Crippen LogP contribution is 2.21. The lowest BCUT2D eigenvalue weighted by Crippen LogP contribution is -2.20. The molecule has 0 aliphatic heterocycles. The molecule has 0 spiro atoms. The Labute approximate surface area is 114 Å². The fraction of sp³-hybridized carbons (Fsp3) is 0.714. The van der Waals surface area contributed by atoms with Gasteiger partial charge in [0.2, 0.25) is 0 Å². The molecule has 1 aromatic heterocycles. The van der Waals surface area contributed by atoms with Gasteiger partial charge in [-0.3, -0.25) is 4.90 Å². The van der Waals surface area contributed by atoms with Crippen LogP contribution in [0.5, 0.6) is 0 Å². The fourth-order valence-corrected chi connectivity index (χ4v) is 2.47. The van der Waals surface area contributed by atoms with Crippen LogP contribution in [0.4, 0.5) is 0 Å². The molecule has 0 unspecified atom stereocenters. The zero-order valence-corrected chi connectivity index (χ0v) is 12.5. The third-order valence-electron chi connectivity index (χ3n) is 3.33. The van der Waals surface area contributed by atoms with Crippen LogP contribution in [0.3, 0.4) is 0 Å². The summed E-state index contributed by atoms with van der Waals surface area (Å²) in [5.74, 6) is 3.33. The highest BCUT2D eigenvalue weighted by molar-refractivity contribution is 7.98. The van der Waals surface area contributed by atoms with E-state index in [1.54, 1.807) is 0 Å². The molecule has 4 heteroatoms. The summed E-state index contributed by atoms with van der Waals surface area (Å²) in [6.45, 7) is 5.03. The van der Waals surface area contributed by atoms with Crippen molar-refractivity contribution in [3.05, 3.63) is 23.2 Å². The molecular formula is C14H24N2OS. The first-order valence-electron chi connectivity index (χ1n) is 6.68. The van der Waals surface area contributed by atoms with Crippen molar-refractivity contribution in [2.75, 3.05) is 25.6 Å². The lowest BCUT2D eigenvalue weighted by Gasteiger charge is -2.13. The molecule has 1 aliphatic rings. The van der Waals surface area contributed by atoms with Crippen molar-refractivity contribution < 1.29 is 4.42 Å². The van der Waals surface area contributed by atoms with Crippen molar-refractivity contribution in [3.8, 4) is 0 Å². The molecule has 0 bridgehead atoms. The normalized spacial score (nSPS) is 15.6. The Morgan fingerprint density at radius 3 is 2.94 bits per heavy atom. The number of hydrogen-bond donors (Lipinski definition) is 1. The van der Waals surface area contributed by atoms with Crippen LogP contribution in [-0.4, -0.2) is 36.5 Å². The van der Waals surface area contributed by atoms with Crippen molar-refractivity contribution in [3.63, 3.8) is 0 Å². The second-order valence-corrected chi connectivity index (χ2v) is 6.17. The number of hydrogen-bond acceptors (Lipinski definition) is 4. The first-order valence-corrected chi connectivity index (χ1v) is 8.07. The van der Waals surface area contributed by atoms with E-state index in [9.17, 15) is 0 Å². The average molecular weight is 268 g/mol. The zero-order chi connectivity index (χ0) is 13.0. The van der Waals surface area contributed by atoms with Gasteiger partial charge < -0.3 is 9.73 Å². The number of aryl methyl sites for hydroxylation is 1. The summed E-state index contributed by atoms with van der Waals surface area (Å²) < 4.78 is 5.83. The summed E-state index contributed by atoms with van der Waals surface area (Å²) >= 11 is 1.88. The van der Waals surface area contributed by atoms with Gasteiger partial charge in [0, 0.05) is 30.4 Å². The standard InChI is InChI=1S/C14H24N2OS/c1-11-12(9-15-13-4-5-13)8-14(17-11)10-16(2)6-7-18-3/h8,13,15H,4-7,9-10H2,1-3H3. The predicted octanol–water partition coefficient (Wildman–Crippen LogP) is 2.63. The van der Waals surface area contributed by atoms with Crippen molar-refractivity contribution >= 4 is 11.8 Å². The maximum atomic E-state index is 5.83. The molecule has 0 atom stereocenters. The van der Waals surface area contributed by atoms with E-state index in [1.807, 2.05) is 11.8 Å². The summed E-state index contributed by atoms with van der Waals surface area (Å²) in [5.41, 5.74) is 1.31. The Bertz CT molecular complexity index is 374. The molecule has 1 aromatic rings.